The third-order valence-electron chi connectivity index (χ3n) is 4.40. The van der Waals surface area contributed by atoms with Crippen molar-refractivity contribution in [2.24, 2.45) is 0 Å². The number of fused-ring (bicyclic) bond motifs is 1. The summed E-state index contributed by atoms with van der Waals surface area (Å²) in [5, 5.41) is 10.4. The van der Waals surface area contributed by atoms with Gasteiger partial charge in [-0.1, -0.05) is 24.3 Å². The Bertz CT molecular complexity index is 942. The molecule has 1 N–H and O–H groups in total. The Balaban J connectivity index is 2.37. The lowest BCUT2D eigenvalue weighted by atomic mass is 9.97. The van der Waals surface area contributed by atoms with Crippen LogP contribution in [-0.4, -0.2) is 16.1 Å². The van der Waals surface area contributed by atoms with E-state index < -0.39 is 5.97 Å². The highest BCUT2D eigenvalue weighted by molar-refractivity contribution is 6.05. The molecular weight excluding hydrogens is 286 g/mol. The molecule has 3 nitrogen and oxygen atoms in total. The number of pyridine rings is 1. The van der Waals surface area contributed by atoms with E-state index in [9.17, 15) is 9.90 Å². The van der Waals surface area contributed by atoms with E-state index in [1.807, 2.05) is 45.0 Å². The van der Waals surface area contributed by atoms with Crippen molar-refractivity contribution in [3.05, 3.63) is 64.2 Å². The first-order valence-corrected chi connectivity index (χ1v) is 7.60. The van der Waals surface area contributed by atoms with Crippen molar-refractivity contribution in [2.45, 2.75) is 27.7 Å². The smallest absolute Gasteiger partial charge is 0.336 e. The summed E-state index contributed by atoms with van der Waals surface area (Å²) < 4.78 is 0. The van der Waals surface area contributed by atoms with Crippen LogP contribution in [0.2, 0.25) is 0 Å². The SMILES string of the molecule is Cc1ccc(-c2cc(C(=O)O)c3c(C)ccc(C)c3n2)cc1C. The number of carboxylic acids is 1. The molecule has 0 radical (unpaired) electrons. The summed E-state index contributed by atoms with van der Waals surface area (Å²) in [4.78, 5) is 16.5. The maximum atomic E-state index is 11.8. The molecule has 23 heavy (non-hydrogen) atoms. The fourth-order valence-corrected chi connectivity index (χ4v) is 2.86. The Morgan fingerprint density at radius 3 is 2.17 bits per heavy atom. The molecule has 3 aromatic rings. The lowest BCUT2D eigenvalue weighted by molar-refractivity contribution is 0.0699. The van der Waals surface area contributed by atoms with E-state index in [0.29, 0.717) is 11.3 Å². The van der Waals surface area contributed by atoms with E-state index >= 15 is 0 Å². The van der Waals surface area contributed by atoms with Gasteiger partial charge in [-0.15, -0.1) is 0 Å². The number of aromatic carboxylic acids is 1. The van der Waals surface area contributed by atoms with Gasteiger partial charge in [0.15, 0.2) is 0 Å². The first-order valence-electron chi connectivity index (χ1n) is 7.60. The summed E-state index contributed by atoms with van der Waals surface area (Å²) in [5.41, 5.74) is 7.01. The zero-order valence-corrected chi connectivity index (χ0v) is 13.8. The van der Waals surface area contributed by atoms with E-state index in [-0.39, 0.29) is 0 Å². The Morgan fingerprint density at radius 2 is 1.52 bits per heavy atom. The van der Waals surface area contributed by atoms with Gasteiger partial charge in [0.05, 0.1) is 16.8 Å². The zero-order valence-electron chi connectivity index (χ0n) is 13.8. The third kappa shape index (κ3) is 2.59. The third-order valence-corrected chi connectivity index (χ3v) is 4.40. The number of hydrogen-bond acceptors (Lipinski definition) is 2. The van der Waals surface area contributed by atoms with Gasteiger partial charge in [-0.3, -0.25) is 0 Å². The Labute approximate surface area is 135 Å². The van der Waals surface area contributed by atoms with Crippen molar-refractivity contribution in [2.75, 3.05) is 0 Å². The van der Waals surface area contributed by atoms with E-state index in [1.54, 1.807) is 6.07 Å². The van der Waals surface area contributed by atoms with Gasteiger partial charge in [0.1, 0.15) is 0 Å². The maximum absolute atomic E-state index is 11.8. The molecule has 0 saturated carbocycles. The van der Waals surface area contributed by atoms with Crippen LogP contribution < -0.4 is 0 Å². The van der Waals surface area contributed by atoms with Crippen LogP contribution in [0.15, 0.2) is 36.4 Å². The van der Waals surface area contributed by atoms with Gasteiger partial charge in [-0.2, -0.15) is 0 Å². The summed E-state index contributed by atoms with van der Waals surface area (Å²) in [6.45, 7) is 7.99. The molecule has 1 heterocycles. The largest absolute Gasteiger partial charge is 0.478 e. The predicted octanol–water partition coefficient (Wildman–Crippen LogP) is 4.83. The molecule has 0 saturated heterocycles. The molecule has 0 aliphatic heterocycles. The molecular formula is C20H19NO2. The van der Waals surface area contributed by atoms with Gasteiger partial charge in [-0.25, -0.2) is 9.78 Å². The van der Waals surface area contributed by atoms with Crippen molar-refractivity contribution in [1.29, 1.82) is 0 Å². The molecule has 0 spiro atoms. The molecule has 2 aromatic carbocycles. The molecule has 0 aliphatic carbocycles. The Morgan fingerprint density at radius 1 is 0.870 bits per heavy atom. The average Bonchev–Trinajstić information content (AvgIpc) is 2.52. The lowest BCUT2D eigenvalue weighted by Gasteiger charge is -2.12. The summed E-state index contributed by atoms with van der Waals surface area (Å²) >= 11 is 0. The standard InChI is InChI=1S/C20H19NO2/c1-11-7-8-15(9-14(11)4)17-10-16(20(22)23)18-12(2)5-6-13(3)19(18)21-17/h5-10H,1-4H3,(H,22,23). The first kappa shape index (κ1) is 15.2. The maximum Gasteiger partial charge on any atom is 0.336 e. The number of aryl methyl sites for hydroxylation is 4. The van der Waals surface area contributed by atoms with Crippen molar-refractivity contribution in [1.82, 2.24) is 4.98 Å². The van der Waals surface area contributed by atoms with Gasteiger partial charge in [0.25, 0.3) is 0 Å². The molecule has 3 rings (SSSR count). The summed E-state index contributed by atoms with van der Waals surface area (Å²) in [7, 11) is 0. The molecule has 0 atom stereocenters. The molecule has 0 unspecified atom stereocenters. The van der Waals surface area contributed by atoms with Crippen LogP contribution in [0.5, 0.6) is 0 Å². The number of aromatic nitrogens is 1. The number of benzene rings is 2. The van der Waals surface area contributed by atoms with Crippen molar-refractivity contribution < 1.29 is 9.90 Å². The van der Waals surface area contributed by atoms with Crippen LogP contribution in [0, 0.1) is 27.7 Å². The second kappa shape index (κ2) is 5.51. The van der Waals surface area contributed by atoms with Crippen molar-refractivity contribution >= 4 is 16.9 Å². The van der Waals surface area contributed by atoms with Gasteiger partial charge >= 0.3 is 5.97 Å². The number of rotatable bonds is 2. The summed E-state index contributed by atoms with van der Waals surface area (Å²) in [6, 6.07) is 11.7. The van der Waals surface area contributed by atoms with Crippen LogP contribution in [0.4, 0.5) is 0 Å². The molecule has 116 valence electrons. The van der Waals surface area contributed by atoms with Gasteiger partial charge in [-0.05, 0) is 62.1 Å². The second-order valence-corrected chi connectivity index (χ2v) is 6.08. The van der Waals surface area contributed by atoms with Crippen molar-refractivity contribution in [3.63, 3.8) is 0 Å². The highest BCUT2D eigenvalue weighted by Gasteiger charge is 2.16. The molecule has 3 heteroatoms. The fourth-order valence-electron chi connectivity index (χ4n) is 2.86. The zero-order chi connectivity index (χ0) is 16.7. The first-order chi connectivity index (χ1) is 10.9. The van der Waals surface area contributed by atoms with Crippen LogP contribution in [0.1, 0.15) is 32.6 Å². The fraction of sp³-hybridized carbons (Fsp3) is 0.200. The molecule has 0 amide bonds. The molecule has 1 aromatic heterocycles. The second-order valence-electron chi connectivity index (χ2n) is 6.08. The van der Waals surface area contributed by atoms with E-state index in [1.165, 1.54) is 11.1 Å². The Kier molecular flexibility index (Phi) is 3.64. The van der Waals surface area contributed by atoms with Crippen molar-refractivity contribution in [3.8, 4) is 11.3 Å². The van der Waals surface area contributed by atoms with Crippen LogP contribution in [-0.2, 0) is 0 Å². The van der Waals surface area contributed by atoms with Gasteiger partial charge in [0.2, 0.25) is 0 Å². The average molecular weight is 305 g/mol. The van der Waals surface area contributed by atoms with Crippen LogP contribution in [0.25, 0.3) is 22.2 Å². The van der Waals surface area contributed by atoms with Gasteiger partial charge < -0.3 is 5.11 Å². The molecule has 0 aliphatic rings. The number of hydrogen-bond donors (Lipinski definition) is 1. The van der Waals surface area contributed by atoms with Gasteiger partial charge in [0, 0.05) is 10.9 Å². The number of carboxylic acid groups (broad SMARTS) is 1. The summed E-state index contributed by atoms with van der Waals surface area (Å²) in [5.74, 6) is -0.920. The van der Waals surface area contributed by atoms with E-state index in [0.717, 1.165) is 27.6 Å². The normalized spacial score (nSPS) is 11.0. The Hall–Kier alpha value is -2.68. The van der Waals surface area contributed by atoms with Crippen LogP contribution >= 0.6 is 0 Å². The number of nitrogens with zero attached hydrogens (tertiary/aromatic N) is 1. The lowest BCUT2D eigenvalue weighted by Crippen LogP contribution is -2.02. The number of carbonyl (C=O) groups is 1. The highest BCUT2D eigenvalue weighted by Crippen LogP contribution is 2.29. The predicted molar refractivity (Wildman–Crippen MR) is 93.1 cm³/mol. The molecule has 0 fully saturated rings. The summed E-state index contributed by atoms with van der Waals surface area (Å²) in [6.07, 6.45) is 0. The quantitative estimate of drug-likeness (QED) is 0.737. The minimum Gasteiger partial charge on any atom is -0.478 e. The highest BCUT2D eigenvalue weighted by atomic mass is 16.4. The van der Waals surface area contributed by atoms with E-state index in [4.69, 9.17) is 4.98 Å². The minimum atomic E-state index is -0.920. The molecule has 0 bridgehead atoms. The van der Waals surface area contributed by atoms with Crippen LogP contribution in [0.3, 0.4) is 0 Å². The monoisotopic (exact) mass is 305 g/mol. The van der Waals surface area contributed by atoms with E-state index in [2.05, 4.69) is 13.0 Å². The minimum absolute atomic E-state index is 0.310. The topological polar surface area (TPSA) is 50.2 Å².